The van der Waals surface area contributed by atoms with E-state index in [1.165, 1.54) is 0 Å². The molecule has 0 spiro atoms. The van der Waals surface area contributed by atoms with Crippen LogP contribution in [0.2, 0.25) is 0 Å². The van der Waals surface area contributed by atoms with Gasteiger partial charge >= 0.3 is 5.97 Å². The third-order valence-electron chi connectivity index (χ3n) is 6.80. The summed E-state index contributed by atoms with van der Waals surface area (Å²) < 4.78 is 9.34. The number of hydrogen-bond acceptors (Lipinski definition) is 8. The van der Waals surface area contributed by atoms with Crippen molar-refractivity contribution < 1.29 is 14.6 Å². The molecule has 0 aliphatic heterocycles. The molecule has 0 aliphatic carbocycles. The molecule has 2 N–H and O–H groups in total. The van der Waals surface area contributed by atoms with E-state index in [9.17, 15) is 9.90 Å². The van der Waals surface area contributed by atoms with Crippen molar-refractivity contribution in [3.8, 4) is 34.2 Å². The van der Waals surface area contributed by atoms with Crippen LogP contribution in [0.5, 0.6) is 6.01 Å². The van der Waals surface area contributed by atoms with Crippen LogP contribution >= 0.6 is 0 Å². The molecule has 6 aromatic rings. The van der Waals surface area contributed by atoms with E-state index in [4.69, 9.17) is 4.74 Å². The average Bonchev–Trinajstić information content (AvgIpc) is 3.74. The third kappa shape index (κ3) is 4.91. The van der Waals surface area contributed by atoms with Gasteiger partial charge in [0.05, 0.1) is 47.3 Å². The summed E-state index contributed by atoms with van der Waals surface area (Å²) in [5.74, 6) is -0.279. The van der Waals surface area contributed by atoms with Gasteiger partial charge in [0, 0.05) is 5.56 Å². The van der Waals surface area contributed by atoms with Crippen molar-refractivity contribution in [1.82, 2.24) is 45.2 Å². The minimum absolute atomic E-state index is 0.174. The number of tetrazole rings is 1. The minimum atomic E-state index is -1.02. The fraction of sp³-hybridized carbons (Fsp3) is 0.207. The zero-order valence-electron chi connectivity index (χ0n) is 22.7. The summed E-state index contributed by atoms with van der Waals surface area (Å²) in [4.78, 5) is 16.5. The lowest BCUT2D eigenvalue weighted by molar-refractivity contribution is 0.0698. The van der Waals surface area contributed by atoms with Crippen molar-refractivity contribution in [3.63, 3.8) is 0 Å². The third-order valence-corrected chi connectivity index (χ3v) is 6.80. The summed E-state index contributed by atoms with van der Waals surface area (Å²) >= 11 is 0. The largest absolute Gasteiger partial charge is 0.478 e. The fourth-order valence-corrected chi connectivity index (χ4v) is 4.75. The van der Waals surface area contributed by atoms with E-state index >= 15 is 0 Å². The van der Waals surface area contributed by atoms with Crippen molar-refractivity contribution in [2.45, 2.75) is 33.2 Å². The summed E-state index contributed by atoms with van der Waals surface area (Å²) in [5, 5.41) is 33.1. The number of carboxylic acids is 1. The highest BCUT2D eigenvalue weighted by Gasteiger charge is 2.19. The van der Waals surface area contributed by atoms with Crippen molar-refractivity contribution in [2.75, 3.05) is 6.61 Å². The number of H-pyrrole nitrogens is 1. The Bertz CT molecular complexity index is 1840. The van der Waals surface area contributed by atoms with Crippen LogP contribution in [0.25, 0.3) is 39.2 Å². The molecular weight excluding hydrogens is 522 g/mol. The number of nitrogens with one attached hydrogen (secondary N) is 1. The Kier molecular flexibility index (Phi) is 6.71. The first-order valence-electron chi connectivity index (χ1n) is 13.2. The Labute approximate surface area is 234 Å². The molecule has 6 rings (SSSR count). The van der Waals surface area contributed by atoms with Crippen LogP contribution in [-0.4, -0.2) is 62.9 Å². The van der Waals surface area contributed by atoms with Crippen molar-refractivity contribution in [3.05, 3.63) is 83.7 Å². The van der Waals surface area contributed by atoms with Gasteiger partial charge in [0.25, 0.3) is 6.01 Å². The summed E-state index contributed by atoms with van der Waals surface area (Å²) in [5.41, 5.74) is 6.61. The lowest BCUT2D eigenvalue weighted by Crippen LogP contribution is -2.08. The van der Waals surface area contributed by atoms with E-state index in [2.05, 4.69) is 49.8 Å². The first-order chi connectivity index (χ1) is 19.9. The molecule has 12 heteroatoms. The highest BCUT2D eigenvalue weighted by molar-refractivity contribution is 6.01. The Morgan fingerprint density at radius 2 is 1.88 bits per heavy atom. The Hall–Kier alpha value is -5.39. The van der Waals surface area contributed by atoms with Crippen molar-refractivity contribution in [1.29, 1.82) is 0 Å². The number of para-hydroxylation sites is 1. The van der Waals surface area contributed by atoms with Crippen molar-refractivity contribution >= 4 is 17.0 Å². The number of carboxylic acid groups (broad SMARTS) is 1. The van der Waals surface area contributed by atoms with E-state index in [-0.39, 0.29) is 11.5 Å². The summed E-state index contributed by atoms with van der Waals surface area (Å²) in [6.07, 6.45) is 1.93. The van der Waals surface area contributed by atoms with Gasteiger partial charge in [-0.15, -0.1) is 15.3 Å². The SMILES string of the molecule is CCOc1nc2cccc(C(=O)O)c2n1Cc1ccc(-c2cc(-n3cc(C(C)C)nn3)ccc2-c2nn[nH]n2)cc1. The molecule has 0 saturated carbocycles. The maximum absolute atomic E-state index is 12.0. The molecule has 0 atom stereocenters. The monoisotopic (exact) mass is 549 g/mol. The molecule has 0 unspecified atom stereocenters. The maximum Gasteiger partial charge on any atom is 0.337 e. The molecule has 0 aliphatic rings. The Balaban J connectivity index is 1.39. The van der Waals surface area contributed by atoms with Gasteiger partial charge in [0.1, 0.15) is 0 Å². The van der Waals surface area contributed by atoms with Gasteiger partial charge in [0.15, 0.2) is 0 Å². The molecule has 3 aromatic carbocycles. The maximum atomic E-state index is 12.0. The molecule has 0 fully saturated rings. The lowest BCUT2D eigenvalue weighted by Gasteiger charge is -2.13. The smallest absolute Gasteiger partial charge is 0.337 e. The van der Waals surface area contributed by atoms with Gasteiger partial charge in [-0.2, -0.15) is 10.2 Å². The first kappa shape index (κ1) is 25.9. The van der Waals surface area contributed by atoms with Gasteiger partial charge in [0.2, 0.25) is 5.82 Å². The summed E-state index contributed by atoms with van der Waals surface area (Å²) in [7, 11) is 0. The van der Waals surface area contributed by atoms with Gasteiger partial charge in [-0.3, -0.25) is 4.57 Å². The molecule has 41 heavy (non-hydrogen) atoms. The van der Waals surface area contributed by atoms with Crippen LogP contribution in [0.4, 0.5) is 0 Å². The molecule has 0 bridgehead atoms. The number of benzene rings is 3. The number of rotatable bonds is 9. The van der Waals surface area contributed by atoms with Gasteiger partial charge < -0.3 is 9.84 Å². The molecule has 206 valence electrons. The van der Waals surface area contributed by atoms with Crippen LogP contribution in [0.1, 0.15) is 48.3 Å². The molecule has 0 radical (unpaired) electrons. The predicted octanol–water partition coefficient (Wildman–Crippen LogP) is 4.73. The van der Waals surface area contributed by atoms with Gasteiger partial charge in [-0.25, -0.2) is 9.48 Å². The fourth-order valence-electron chi connectivity index (χ4n) is 4.75. The van der Waals surface area contributed by atoms with Crippen molar-refractivity contribution in [2.24, 2.45) is 0 Å². The van der Waals surface area contributed by atoms with E-state index in [0.717, 1.165) is 33.6 Å². The second-order valence-electron chi connectivity index (χ2n) is 9.80. The first-order valence-corrected chi connectivity index (χ1v) is 13.2. The van der Waals surface area contributed by atoms with Crippen LogP contribution in [0.3, 0.4) is 0 Å². The van der Waals surface area contributed by atoms with Crippen LogP contribution in [-0.2, 0) is 6.54 Å². The molecule has 0 amide bonds. The Morgan fingerprint density at radius 1 is 1.05 bits per heavy atom. The standard InChI is InChI=1S/C29H27N9O3/c1-4-41-29-30-24-7-5-6-22(28(39)40)26(24)37(29)15-18-8-10-19(11-9-18)23-14-20(38-16-25(17(2)3)31-36-38)12-13-21(23)27-32-34-35-33-27/h5-14,16-17H,4,15H2,1-3H3,(H,39,40)(H,32,33,34,35). The number of ether oxygens (including phenoxy) is 1. The van der Waals surface area contributed by atoms with E-state index < -0.39 is 5.97 Å². The van der Waals surface area contributed by atoms with E-state index in [0.29, 0.717) is 36.0 Å². The zero-order chi connectivity index (χ0) is 28.5. The molecule has 3 aromatic heterocycles. The molecule has 3 heterocycles. The van der Waals surface area contributed by atoms with Crippen LogP contribution in [0.15, 0.2) is 66.9 Å². The number of nitrogens with zero attached hydrogens (tertiary/aromatic N) is 8. The highest BCUT2D eigenvalue weighted by atomic mass is 16.5. The quantitative estimate of drug-likeness (QED) is 0.261. The van der Waals surface area contributed by atoms with Crippen LogP contribution in [0, 0.1) is 0 Å². The molecule has 0 saturated heterocycles. The highest BCUT2D eigenvalue weighted by Crippen LogP contribution is 2.33. The van der Waals surface area contributed by atoms with Crippen LogP contribution < -0.4 is 4.74 Å². The second-order valence-corrected chi connectivity index (χ2v) is 9.80. The normalized spacial score (nSPS) is 11.4. The predicted molar refractivity (Wildman–Crippen MR) is 151 cm³/mol. The summed E-state index contributed by atoms with van der Waals surface area (Å²) in [6, 6.07) is 19.4. The number of imidazole rings is 1. The van der Waals surface area contributed by atoms with Gasteiger partial charge in [-0.1, -0.05) is 49.4 Å². The number of fused-ring (bicyclic) bond motifs is 1. The van der Waals surface area contributed by atoms with E-state index in [1.807, 2.05) is 55.6 Å². The second kappa shape index (κ2) is 10.6. The number of aromatic carboxylic acids is 1. The minimum Gasteiger partial charge on any atom is -0.478 e. The Morgan fingerprint density at radius 3 is 2.56 bits per heavy atom. The number of carbonyl (C=O) groups is 1. The molecular formula is C29H27N9O3. The zero-order valence-corrected chi connectivity index (χ0v) is 22.7. The van der Waals surface area contributed by atoms with Gasteiger partial charge in [-0.05, 0) is 65.1 Å². The molecule has 12 nitrogen and oxygen atoms in total. The number of aromatic nitrogens is 9. The average molecular weight is 550 g/mol. The lowest BCUT2D eigenvalue weighted by atomic mass is 9.97. The van der Waals surface area contributed by atoms with E-state index in [1.54, 1.807) is 27.4 Å². The number of aromatic amines is 1. The number of hydrogen-bond donors (Lipinski definition) is 2. The topological polar surface area (TPSA) is 150 Å². The summed E-state index contributed by atoms with van der Waals surface area (Å²) in [6.45, 7) is 6.81.